The van der Waals surface area contributed by atoms with Crippen LogP contribution in [0, 0.1) is 12.7 Å². The largest absolute Gasteiger partial charge is 0.496 e. The number of nitrogens with one attached hydrogen (secondary N) is 1. The van der Waals surface area contributed by atoms with Crippen LogP contribution in [0.15, 0.2) is 47.1 Å². The van der Waals surface area contributed by atoms with Crippen LogP contribution in [0.5, 0.6) is 11.5 Å². The van der Waals surface area contributed by atoms with Crippen molar-refractivity contribution in [2.45, 2.75) is 6.92 Å². The van der Waals surface area contributed by atoms with Gasteiger partial charge in [-0.2, -0.15) is 0 Å². The summed E-state index contributed by atoms with van der Waals surface area (Å²) in [6, 6.07) is 9.73. The van der Waals surface area contributed by atoms with Gasteiger partial charge in [-0.1, -0.05) is 12.1 Å². The third-order valence-electron chi connectivity index (χ3n) is 3.87. The van der Waals surface area contributed by atoms with Crippen LogP contribution in [-0.2, 0) is 4.79 Å². The Hall–Kier alpha value is -3.15. The molecule has 0 saturated carbocycles. The molecular weight excluding hydrogens is 323 g/mol. The normalized spacial score (nSPS) is 15.1. The summed E-state index contributed by atoms with van der Waals surface area (Å²) >= 11 is 0. The molecule has 6 heteroatoms. The lowest BCUT2D eigenvalue weighted by Crippen LogP contribution is -2.25. The molecule has 1 aliphatic rings. The lowest BCUT2D eigenvalue weighted by atomic mass is 10.1. The van der Waals surface area contributed by atoms with Crippen molar-refractivity contribution in [3.8, 4) is 11.5 Å². The third-order valence-corrected chi connectivity index (χ3v) is 3.87. The highest BCUT2D eigenvalue weighted by molar-refractivity contribution is 6.19. The van der Waals surface area contributed by atoms with E-state index in [4.69, 9.17) is 9.47 Å². The quantitative estimate of drug-likeness (QED) is 0.870. The lowest BCUT2D eigenvalue weighted by Gasteiger charge is -2.10. The van der Waals surface area contributed by atoms with Gasteiger partial charge in [0.1, 0.15) is 28.8 Å². The minimum Gasteiger partial charge on any atom is -0.496 e. The van der Waals surface area contributed by atoms with Gasteiger partial charge in [0.2, 0.25) is 0 Å². The standard InChI is InChI=1S/C19H17FN2O3/c1-11-8-17(25-3)12(10-16(11)24-2)9-15-19(23)22-18(21-15)13-6-4-5-7-14(13)20/h4-10H,1-3H3,(H,21,22,23)/b15-9+. The molecule has 0 fully saturated rings. The van der Waals surface area contributed by atoms with E-state index >= 15 is 0 Å². The molecule has 0 aromatic heterocycles. The minimum atomic E-state index is -0.447. The van der Waals surface area contributed by atoms with Crippen molar-refractivity contribution < 1.29 is 18.7 Å². The Morgan fingerprint density at radius 2 is 1.84 bits per heavy atom. The second-order valence-electron chi connectivity index (χ2n) is 5.49. The van der Waals surface area contributed by atoms with E-state index in [0.717, 1.165) is 5.56 Å². The van der Waals surface area contributed by atoms with E-state index in [9.17, 15) is 9.18 Å². The maximum absolute atomic E-state index is 13.9. The fourth-order valence-electron chi connectivity index (χ4n) is 2.58. The maximum Gasteiger partial charge on any atom is 0.275 e. The predicted octanol–water partition coefficient (Wildman–Crippen LogP) is 3.07. The fourth-order valence-corrected chi connectivity index (χ4v) is 2.58. The van der Waals surface area contributed by atoms with Crippen molar-refractivity contribution in [1.29, 1.82) is 0 Å². The number of benzene rings is 2. The van der Waals surface area contributed by atoms with E-state index < -0.39 is 11.7 Å². The Kier molecular flexibility index (Phi) is 4.52. The van der Waals surface area contributed by atoms with Crippen LogP contribution in [0.4, 0.5) is 4.39 Å². The fraction of sp³-hybridized carbons (Fsp3) is 0.158. The Labute approximate surface area is 144 Å². The van der Waals surface area contributed by atoms with Gasteiger partial charge in [0.25, 0.3) is 5.91 Å². The number of aryl methyl sites for hydroxylation is 1. The molecule has 2 aromatic carbocycles. The first-order chi connectivity index (χ1) is 12.0. The molecule has 2 aromatic rings. The summed E-state index contributed by atoms with van der Waals surface area (Å²) in [4.78, 5) is 16.4. The molecule has 0 saturated heterocycles. The maximum atomic E-state index is 13.9. The van der Waals surface area contributed by atoms with Crippen LogP contribution in [0.1, 0.15) is 16.7 Å². The molecule has 1 N–H and O–H groups in total. The van der Waals surface area contributed by atoms with Gasteiger partial charge in [-0.25, -0.2) is 9.38 Å². The van der Waals surface area contributed by atoms with E-state index in [1.807, 2.05) is 13.0 Å². The van der Waals surface area contributed by atoms with Crippen LogP contribution in [-0.4, -0.2) is 26.0 Å². The minimum absolute atomic E-state index is 0.169. The second kappa shape index (κ2) is 6.76. The first kappa shape index (κ1) is 16.7. The highest BCUT2D eigenvalue weighted by atomic mass is 19.1. The van der Waals surface area contributed by atoms with E-state index in [2.05, 4.69) is 10.3 Å². The van der Waals surface area contributed by atoms with E-state index in [1.54, 1.807) is 44.6 Å². The number of amides is 1. The molecule has 0 spiro atoms. The van der Waals surface area contributed by atoms with Crippen molar-refractivity contribution in [2.75, 3.05) is 14.2 Å². The molecular formula is C19H17FN2O3. The van der Waals surface area contributed by atoms with Gasteiger partial charge in [-0.05, 0) is 42.8 Å². The van der Waals surface area contributed by atoms with E-state index in [1.165, 1.54) is 6.07 Å². The number of amidine groups is 1. The van der Waals surface area contributed by atoms with Crippen LogP contribution in [0.25, 0.3) is 6.08 Å². The van der Waals surface area contributed by atoms with Crippen molar-refractivity contribution in [3.05, 3.63) is 64.6 Å². The molecule has 0 unspecified atom stereocenters. The first-order valence-electron chi connectivity index (χ1n) is 7.62. The number of hydrogen-bond donors (Lipinski definition) is 1. The van der Waals surface area contributed by atoms with Gasteiger partial charge in [-0.3, -0.25) is 4.79 Å². The number of halogens is 1. The number of hydrogen-bond acceptors (Lipinski definition) is 4. The Morgan fingerprint density at radius 1 is 1.12 bits per heavy atom. The number of methoxy groups -OCH3 is 2. The number of carbonyl (C=O) groups is 1. The van der Waals surface area contributed by atoms with Gasteiger partial charge in [0.15, 0.2) is 0 Å². The Morgan fingerprint density at radius 3 is 2.52 bits per heavy atom. The van der Waals surface area contributed by atoms with Crippen molar-refractivity contribution in [2.24, 2.45) is 4.99 Å². The monoisotopic (exact) mass is 340 g/mol. The molecule has 0 radical (unpaired) electrons. The van der Waals surface area contributed by atoms with Crippen LogP contribution in [0.3, 0.4) is 0 Å². The summed E-state index contributed by atoms with van der Waals surface area (Å²) in [5, 5.41) is 2.59. The number of carbonyl (C=O) groups excluding carboxylic acids is 1. The van der Waals surface area contributed by atoms with E-state index in [-0.39, 0.29) is 17.1 Å². The molecule has 1 amide bonds. The van der Waals surface area contributed by atoms with Gasteiger partial charge in [0, 0.05) is 5.56 Å². The molecule has 5 nitrogen and oxygen atoms in total. The molecule has 25 heavy (non-hydrogen) atoms. The number of ether oxygens (including phenoxy) is 2. The highest BCUT2D eigenvalue weighted by Gasteiger charge is 2.23. The summed E-state index contributed by atoms with van der Waals surface area (Å²) in [5.74, 6) is 0.599. The van der Waals surface area contributed by atoms with Crippen LogP contribution < -0.4 is 14.8 Å². The summed E-state index contributed by atoms with van der Waals surface area (Å²) < 4.78 is 24.6. The lowest BCUT2D eigenvalue weighted by molar-refractivity contribution is -0.115. The van der Waals surface area contributed by atoms with Crippen molar-refractivity contribution in [1.82, 2.24) is 5.32 Å². The molecule has 128 valence electrons. The number of rotatable bonds is 4. The molecule has 0 atom stereocenters. The van der Waals surface area contributed by atoms with Crippen molar-refractivity contribution >= 4 is 17.8 Å². The molecule has 1 heterocycles. The van der Waals surface area contributed by atoms with Crippen molar-refractivity contribution in [3.63, 3.8) is 0 Å². The summed E-state index contributed by atoms with van der Waals surface area (Å²) in [6.07, 6.45) is 1.59. The van der Waals surface area contributed by atoms with Gasteiger partial charge >= 0.3 is 0 Å². The molecule has 0 bridgehead atoms. The summed E-state index contributed by atoms with van der Waals surface area (Å²) in [7, 11) is 3.12. The highest BCUT2D eigenvalue weighted by Crippen LogP contribution is 2.30. The molecule has 1 aliphatic heterocycles. The molecule has 0 aliphatic carbocycles. The van der Waals surface area contributed by atoms with Gasteiger partial charge in [0.05, 0.1) is 19.8 Å². The molecule has 3 rings (SSSR count). The summed E-state index contributed by atoms with van der Waals surface area (Å²) in [5.41, 5.74) is 1.97. The van der Waals surface area contributed by atoms with E-state index in [0.29, 0.717) is 17.1 Å². The average Bonchev–Trinajstić information content (AvgIpc) is 2.96. The van der Waals surface area contributed by atoms with Gasteiger partial charge in [-0.15, -0.1) is 0 Å². The zero-order valence-electron chi connectivity index (χ0n) is 14.1. The topological polar surface area (TPSA) is 59.9 Å². The zero-order valence-corrected chi connectivity index (χ0v) is 14.1. The Bertz CT molecular complexity index is 904. The number of nitrogens with zero attached hydrogens (tertiary/aromatic N) is 1. The average molecular weight is 340 g/mol. The van der Waals surface area contributed by atoms with Crippen LogP contribution in [0.2, 0.25) is 0 Å². The smallest absolute Gasteiger partial charge is 0.275 e. The zero-order chi connectivity index (χ0) is 18.0. The second-order valence-corrected chi connectivity index (χ2v) is 5.49. The summed E-state index contributed by atoms with van der Waals surface area (Å²) in [6.45, 7) is 1.90. The van der Waals surface area contributed by atoms with Gasteiger partial charge < -0.3 is 14.8 Å². The van der Waals surface area contributed by atoms with Crippen LogP contribution >= 0.6 is 0 Å². The number of aliphatic imine (C=N–C) groups is 1. The predicted molar refractivity (Wildman–Crippen MR) is 93.3 cm³/mol. The Balaban J connectivity index is 2.04. The first-order valence-corrected chi connectivity index (χ1v) is 7.62. The third kappa shape index (κ3) is 3.24. The SMILES string of the molecule is COc1cc(/C=C2/N=C(c3ccccc3F)NC2=O)c(OC)cc1C.